The van der Waals surface area contributed by atoms with Crippen molar-refractivity contribution in [3.8, 4) is 11.5 Å². The Morgan fingerprint density at radius 3 is 1.50 bits per heavy atom. The second kappa shape index (κ2) is 9.60. The van der Waals surface area contributed by atoms with Gasteiger partial charge in [0, 0.05) is 0 Å². The van der Waals surface area contributed by atoms with Crippen LogP contribution < -0.4 is 0 Å². The van der Waals surface area contributed by atoms with Crippen molar-refractivity contribution in [2.24, 2.45) is 11.8 Å². The number of aromatic hydroxyl groups is 2. The number of carbonyl (C=O) groups is 1. The molecule has 0 saturated carbocycles. The zero-order chi connectivity index (χ0) is 18.1. The summed E-state index contributed by atoms with van der Waals surface area (Å²) in [5, 5.41) is 26.6. The number of benzene rings is 2. The van der Waals surface area contributed by atoms with Crippen molar-refractivity contribution >= 4 is 5.97 Å². The first-order chi connectivity index (χ1) is 11.3. The summed E-state index contributed by atoms with van der Waals surface area (Å²) in [6.07, 6.45) is 1.58. The Kier molecular flexibility index (Phi) is 7.83. The second-order valence-corrected chi connectivity index (χ2v) is 6.37. The number of rotatable bonds is 5. The van der Waals surface area contributed by atoms with E-state index >= 15 is 0 Å². The first-order valence-corrected chi connectivity index (χ1v) is 8.06. The van der Waals surface area contributed by atoms with Crippen molar-refractivity contribution in [1.29, 1.82) is 0 Å². The summed E-state index contributed by atoms with van der Waals surface area (Å²) in [4.78, 5) is 10.5. The van der Waals surface area contributed by atoms with Crippen LogP contribution in [0.25, 0.3) is 0 Å². The molecule has 2 aromatic rings. The van der Waals surface area contributed by atoms with Crippen LogP contribution in [0.5, 0.6) is 11.5 Å². The first kappa shape index (κ1) is 19.6. The van der Waals surface area contributed by atoms with Crippen molar-refractivity contribution < 1.29 is 20.1 Å². The molecule has 2 rings (SSSR count). The van der Waals surface area contributed by atoms with E-state index in [2.05, 4.69) is 13.8 Å². The molecule has 0 fully saturated rings. The van der Waals surface area contributed by atoms with E-state index in [1.807, 2.05) is 12.1 Å². The first-order valence-electron chi connectivity index (χ1n) is 8.06. The fourth-order valence-corrected chi connectivity index (χ4v) is 2.18. The fourth-order valence-electron chi connectivity index (χ4n) is 2.18. The lowest BCUT2D eigenvalue weighted by Crippen LogP contribution is -2.11. The normalized spacial score (nSPS) is 11.5. The summed E-state index contributed by atoms with van der Waals surface area (Å²) in [5.41, 5.74) is 2.21. The zero-order valence-electron chi connectivity index (χ0n) is 14.4. The largest absolute Gasteiger partial charge is 0.508 e. The van der Waals surface area contributed by atoms with Crippen LogP contribution >= 0.6 is 0 Å². The Morgan fingerprint density at radius 2 is 1.17 bits per heavy atom. The summed E-state index contributed by atoms with van der Waals surface area (Å²) >= 11 is 0. The summed E-state index contributed by atoms with van der Waals surface area (Å²) in [6, 6.07) is 14.0. The molecule has 0 radical (unpaired) electrons. The van der Waals surface area contributed by atoms with Crippen molar-refractivity contribution in [2.75, 3.05) is 0 Å². The molecule has 130 valence electrons. The Bertz CT molecular complexity index is 615. The van der Waals surface area contributed by atoms with Crippen LogP contribution in [0.1, 0.15) is 31.9 Å². The Hall–Kier alpha value is -2.49. The van der Waals surface area contributed by atoms with Gasteiger partial charge in [-0.15, -0.1) is 0 Å². The van der Waals surface area contributed by atoms with E-state index < -0.39 is 5.97 Å². The van der Waals surface area contributed by atoms with Gasteiger partial charge in [-0.2, -0.15) is 0 Å². The van der Waals surface area contributed by atoms with Crippen molar-refractivity contribution in [1.82, 2.24) is 0 Å². The quantitative estimate of drug-likeness (QED) is 0.766. The lowest BCUT2D eigenvalue weighted by molar-refractivity contribution is -0.141. The minimum absolute atomic E-state index is 0.201. The van der Waals surface area contributed by atoms with Crippen molar-refractivity contribution in [3.05, 3.63) is 59.7 Å². The number of phenolic OH excluding ortho intramolecular Hbond substituents is 2. The van der Waals surface area contributed by atoms with Crippen LogP contribution in [0, 0.1) is 11.8 Å². The molecule has 4 nitrogen and oxygen atoms in total. The van der Waals surface area contributed by atoms with E-state index in [0.29, 0.717) is 18.1 Å². The van der Waals surface area contributed by atoms with Gasteiger partial charge in [0.2, 0.25) is 0 Å². The molecule has 0 aliphatic rings. The van der Waals surface area contributed by atoms with E-state index in [1.54, 1.807) is 43.3 Å². The SMILES string of the molecule is CC(C)Cc1ccc(O)cc1.C[C@@H](Cc1ccc(O)cc1)C(=O)O. The second-order valence-electron chi connectivity index (χ2n) is 6.37. The predicted octanol–water partition coefficient (Wildman–Crippen LogP) is 4.25. The number of phenols is 2. The minimum Gasteiger partial charge on any atom is -0.508 e. The average Bonchev–Trinajstić information content (AvgIpc) is 2.52. The lowest BCUT2D eigenvalue weighted by Gasteiger charge is -2.05. The molecule has 0 saturated heterocycles. The molecule has 0 heterocycles. The highest BCUT2D eigenvalue weighted by atomic mass is 16.4. The fraction of sp³-hybridized carbons (Fsp3) is 0.350. The van der Waals surface area contributed by atoms with Gasteiger partial charge in [0.1, 0.15) is 11.5 Å². The topological polar surface area (TPSA) is 77.8 Å². The monoisotopic (exact) mass is 330 g/mol. The molecular formula is C20H26O4. The number of carboxylic acids is 1. The summed E-state index contributed by atoms with van der Waals surface area (Å²) < 4.78 is 0. The molecule has 0 aliphatic heterocycles. The number of carboxylic acid groups (broad SMARTS) is 1. The van der Waals surface area contributed by atoms with Gasteiger partial charge in [0.15, 0.2) is 0 Å². The van der Waals surface area contributed by atoms with Crippen LogP contribution in [0.3, 0.4) is 0 Å². The molecule has 0 bridgehead atoms. The van der Waals surface area contributed by atoms with Gasteiger partial charge in [-0.1, -0.05) is 45.0 Å². The Balaban J connectivity index is 0.000000243. The van der Waals surface area contributed by atoms with Crippen molar-refractivity contribution in [2.45, 2.75) is 33.6 Å². The Morgan fingerprint density at radius 1 is 0.792 bits per heavy atom. The van der Waals surface area contributed by atoms with Crippen LogP contribution in [0.2, 0.25) is 0 Å². The minimum atomic E-state index is -0.798. The molecule has 0 spiro atoms. The van der Waals surface area contributed by atoms with Gasteiger partial charge in [-0.05, 0) is 54.2 Å². The standard InChI is InChI=1S/C10H12O3.C10H14O/c1-7(10(12)13)6-8-2-4-9(11)5-3-8;1-8(2)7-9-3-5-10(11)6-4-9/h2-5,7,11H,6H2,1H3,(H,12,13);3-6,8,11H,7H2,1-2H3/t7-;/m0./s1. The van der Waals surface area contributed by atoms with Gasteiger partial charge in [0.25, 0.3) is 0 Å². The van der Waals surface area contributed by atoms with Crippen LogP contribution in [-0.2, 0) is 17.6 Å². The molecule has 0 aromatic heterocycles. The number of hydrogen-bond acceptors (Lipinski definition) is 3. The van der Waals surface area contributed by atoms with Gasteiger partial charge in [-0.25, -0.2) is 0 Å². The number of hydrogen-bond donors (Lipinski definition) is 3. The average molecular weight is 330 g/mol. The molecule has 3 N–H and O–H groups in total. The van der Waals surface area contributed by atoms with Gasteiger partial charge < -0.3 is 15.3 Å². The third-order valence-electron chi connectivity index (χ3n) is 3.48. The maximum atomic E-state index is 10.5. The smallest absolute Gasteiger partial charge is 0.306 e. The maximum Gasteiger partial charge on any atom is 0.306 e. The van der Waals surface area contributed by atoms with Gasteiger partial charge in [0.05, 0.1) is 5.92 Å². The molecule has 24 heavy (non-hydrogen) atoms. The van der Waals surface area contributed by atoms with E-state index in [1.165, 1.54) is 5.56 Å². The number of aliphatic carboxylic acids is 1. The van der Waals surface area contributed by atoms with E-state index in [0.717, 1.165) is 12.0 Å². The zero-order valence-corrected chi connectivity index (χ0v) is 14.4. The summed E-state index contributed by atoms with van der Waals surface area (Å²) in [6.45, 7) is 6.04. The van der Waals surface area contributed by atoms with Crippen molar-refractivity contribution in [3.63, 3.8) is 0 Å². The maximum absolute atomic E-state index is 10.5. The molecule has 0 aliphatic carbocycles. The predicted molar refractivity (Wildman–Crippen MR) is 95.3 cm³/mol. The summed E-state index contributed by atoms with van der Waals surface area (Å²) in [7, 11) is 0. The van der Waals surface area contributed by atoms with Gasteiger partial charge in [-0.3, -0.25) is 4.79 Å². The highest BCUT2D eigenvalue weighted by molar-refractivity contribution is 5.69. The highest BCUT2D eigenvalue weighted by Crippen LogP contribution is 2.14. The highest BCUT2D eigenvalue weighted by Gasteiger charge is 2.10. The molecular weight excluding hydrogens is 304 g/mol. The van der Waals surface area contributed by atoms with E-state index in [-0.39, 0.29) is 11.7 Å². The van der Waals surface area contributed by atoms with Crippen LogP contribution in [0.15, 0.2) is 48.5 Å². The molecule has 2 aromatic carbocycles. The Labute approximate surface area is 143 Å². The van der Waals surface area contributed by atoms with Crippen LogP contribution in [0.4, 0.5) is 0 Å². The third-order valence-corrected chi connectivity index (χ3v) is 3.48. The molecule has 0 amide bonds. The van der Waals surface area contributed by atoms with Crippen LogP contribution in [-0.4, -0.2) is 21.3 Å². The molecule has 1 atom stereocenters. The van der Waals surface area contributed by atoms with E-state index in [9.17, 15) is 4.79 Å². The third kappa shape index (κ3) is 7.68. The molecule has 4 heteroatoms. The summed E-state index contributed by atoms with van der Waals surface area (Å²) in [5.74, 6) is 0.0430. The van der Waals surface area contributed by atoms with E-state index in [4.69, 9.17) is 15.3 Å². The lowest BCUT2D eigenvalue weighted by atomic mass is 10.0. The molecule has 0 unspecified atom stereocenters. The van der Waals surface area contributed by atoms with Gasteiger partial charge >= 0.3 is 5.97 Å².